The molecule has 0 saturated heterocycles. The maximum atomic E-state index is 13.0. The van der Waals surface area contributed by atoms with E-state index >= 15 is 0 Å². The van der Waals surface area contributed by atoms with E-state index in [0.717, 1.165) is 12.1 Å². The first-order chi connectivity index (χ1) is 15.5. The van der Waals surface area contributed by atoms with Gasteiger partial charge in [-0.2, -0.15) is 0 Å². The lowest BCUT2D eigenvalue weighted by Gasteiger charge is -2.19. The maximum absolute atomic E-state index is 13.0. The highest BCUT2D eigenvalue weighted by atomic mass is 35.5. The Morgan fingerprint density at radius 2 is 1.09 bits per heavy atom. The largest absolute Gasteiger partial charge is 0.573 e. The molecule has 0 aromatic heterocycles. The summed E-state index contributed by atoms with van der Waals surface area (Å²) >= 11 is 11.4. The van der Waals surface area contributed by atoms with Gasteiger partial charge in [-0.05, 0) is 24.3 Å². The summed E-state index contributed by atoms with van der Waals surface area (Å²) in [5.74, 6) is -4.49. The number of alkyl halides is 6. The summed E-state index contributed by atoms with van der Waals surface area (Å²) in [6.45, 7) is -2.69. The highest BCUT2D eigenvalue weighted by Gasteiger charge is 2.39. The van der Waals surface area contributed by atoms with Crippen LogP contribution in [0.4, 0.5) is 26.3 Å². The van der Waals surface area contributed by atoms with Crippen LogP contribution in [0.15, 0.2) is 24.3 Å². The smallest absolute Gasteiger partial charge is 0.404 e. The van der Waals surface area contributed by atoms with Gasteiger partial charge in [0.15, 0.2) is 11.5 Å². The van der Waals surface area contributed by atoms with Crippen LogP contribution in [-0.4, -0.2) is 28.4 Å². The van der Waals surface area contributed by atoms with Crippen molar-refractivity contribution in [2.24, 2.45) is 0 Å². The lowest BCUT2D eigenvalue weighted by Crippen LogP contribution is -2.23. The Labute approximate surface area is 194 Å². The van der Waals surface area contributed by atoms with Crippen LogP contribution in [-0.2, 0) is 13.1 Å². The summed E-state index contributed by atoms with van der Waals surface area (Å²) in [6.07, 6.45) is -11.0. The predicted molar refractivity (Wildman–Crippen MR) is 101 cm³/mol. The Kier molecular flexibility index (Phi) is 7.83. The molecule has 0 atom stereocenters. The quantitative estimate of drug-likeness (QED) is 0.187. The molecule has 0 aliphatic carbocycles. The van der Waals surface area contributed by atoms with Crippen molar-refractivity contribution in [3.63, 3.8) is 0 Å². The van der Waals surface area contributed by atoms with Gasteiger partial charge in [-0.25, -0.2) is 0 Å². The van der Waals surface area contributed by atoms with E-state index in [0.29, 0.717) is 12.1 Å². The minimum absolute atomic E-state index is 0.607. The maximum Gasteiger partial charge on any atom is 0.573 e. The Balaban J connectivity index is 2.83. The molecule has 0 amide bonds. The molecule has 2 rings (SSSR count). The molecule has 0 heterocycles. The van der Waals surface area contributed by atoms with E-state index in [1.54, 1.807) is 0 Å². The molecular formula is C17H8Cl2F6N2O7. The second kappa shape index (κ2) is 9.89. The summed E-state index contributed by atoms with van der Waals surface area (Å²) < 4.78 is 85.4. The topological polar surface area (TPSA) is 122 Å². The van der Waals surface area contributed by atoms with Crippen LogP contribution in [0.1, 0.15) is 27.0 Å². The normalized spacial score (nSPS) is 11.8. The third-order valence-electron chi connectivity index (χ3n) is 3.91. The molecule has 0 bridgehead atoms. The van der Waals surface area contributed by atoms with Crippen LogP contribution in [0.3, 0.4) is 0 Å². The Morgan fingerprint density at radius 3 is 1.35 bits per heavy atom. The van der Waals surface area contributed by atoms with Gasteiger partial charge in [0.25, 0.3) is 0 Å². The summed E-state index contributed by atoms with van der Waals surface area (Å²) in [5.41, 5.74) is -3.96. The molecule has 0 N–H and O–H groups in total. The van der Waals surface area contributed by atoms with Gasteiger partial charge in [0.2, 0.25) is 18.9 Å². The third kappa shape index (κ3) is 6.84. The van der Waals surface area contributed by atoms with E-state index in [2.05, 4.69) is 9.47 Å². The second-order valence-corrected chi connectivity index (χ2v) is 7.03. The van der Waals surface area contributed by atoms with Crippen LogP contribution >= 0.6 is 23.2 Å². The van der Waals surface area contributed by atoms with Crippen molar-refractivity contribution in [2.75, 3.05) is 0 Å². The van der Waals surface area contributed by atoms with E-state index in [4.69, 9.17) is 23.2 Å². The van der Waals surface area contributed by atoms with Crippen molar-refractivity contribution in [3.8, 4) is 11.5 Å². The third-order valence-corrected chi connectivity index (χ3v) is 4.61. The molecule has 17 heteroatoms. The van der Waals surface area contributed by atoms with Crippen LogP contribution in [0.5, 0.6) is 11.5 Å². The average molecular weight is 537 g/mol. The minimum Gasteiger partial charge on any atom is -0.404 e. The SMILES string of the molecule is O=C(c1ccc(Cl)c(C[N+](=O)[O-])c1OC(F)(F)F)c1ccc(Cl)c(C[N+](=O)[O-])c1OC(F)(F)F. The van der Waals surface area contributed by atoms with Crippen LogP contribution < -0.4 is 9.47 Å². The number of rotatable bonds is 8. The van der Waals surface area contributed by atoms with Crippen molar-refractivity contribution in [1.82, 2.24) is 0 Å². The fourth-order valence-corrected chi connectivity index (χ4v) is 3.14. The van der Waals surface area contributed by atoms with Crippen molar-refractivity contribution < 1.29 is 50.5 Å². The average Bonchev–Trinajstić information content (AvgIpc) is 2.64. The second-order valence-electron chi connectivity index (χ2n) is 6.21. The number of carbonyl (C=O) groups excluding carboxylic acids is 1. The van der Waals surface area contributed by atoms with Crippen molar-refractivity contribution in [3.05, 3.63) is 76.8 Å². The van der Waals surface area contributed by atoms with E-state index in [-0.39, 0.29) is 0 Å². The molecule has 0 aliphatic rings. The fourth-order valence-electron chi connectivity index (χ4n) is 2.73. The number of ether oxygens (including phenoxy) is 2. The fraction of sp³-hybridized carbons (Fsp3) is 0.235. The number of nitrogens with zero attached hydrogens (tertiary/aromatic N) is 2. The molecule has 2 aromatic rings. The number of benzene rings is 2. The van der Waals surface area contributed by atoms with Gasteiger partial charge < -0.3 is 9.47 Å². The monoisotopic (exact) mass is 536 g/mol. The molecule has 0 aliphatic heterocycles. The number of halogens is 8. The predicted octanol–water partition coefficient (Wildman–Crippen LogP) is 5.58. The number of hydrogen-bond acceptors (Lipinski definition) is 7. The first-order valence-corrected chi connectivity index (χ1v) is 9.18. The molecule has 0 unspecified atom stereocenters. The van der Waals surface area contributed by atoms with E-state index in [9.17, 15) is 51.4 Å². The van der Waals surface area contributed by atoms with E-state index in [1.165, 1.54) is 0 Å². The zero-order valence-electron chi connectivity index (χ0n) is 16.0. The Bertz CT molecular complexity index is 1070. The van der Waals surface area contributed by atoms with Gasteiger partial charge in [0.05, 0.1) is 32.3 Å². The molecule has 0 radical (unpaired) electrons. The molecule has 0 fully saturated rings. The van der Waals surface area contributed by atoms with Crippen molar-refractivity contribution in [1.29, 1.82) is 0 Å². The van der Waals surface area contributed by atoms with Crippen molar-refractivity contribution in [2.45, 2.75) is 25.8 Å². The highest BCUT2D eigenvalue weighted by Crippen LogP contribution is 2.40. The zero-order chi connectivity index (χ0) is 26.0. The van der Waals surface area contributed by atoms with E-state index in [1.807, 2.05) is 0 Å². The van der Waals surface area contributed by atoms with Gasteiger partial charge >= 0.3 is 12.7 Å². The zero-order valence-corrected chi connectivity index (χ0v) is 17.5. The van der Waals surface area contributed by atoms with Gasteiger partial charge in [0, 0.05) is 9.85 Å². The van der Waals surface area contributed by atoms with Crippen LogP contribution in [0.25, 0.3) is 0 Å². The molecular weight excluding hydrogens is 529 g/mol. The molecule has 34 heavy (non-hydrogen) atoms. The molecule has 9 nitrogen and oxygen atoms in total. The van der Waals surface area contributed by atoms with Gasteiger partial charge in [-0.3, -0.25) is 25.0 Å². The Morgan fingerprint density at radius 1 is 0.765 bits per heavy atom. The van der Waals surface area contributed by atoms with Crippen LogP contribution in [0, 0.1) is 20.2 Å². The Hall–Kier alpha value is -3.33. The lowest BCUT2D eigenvalue weighted by atomic mass is 9.97. The number of carbonyl (C=O) groups is 1. The first kappa shape index (κ1) is 26.9. The van der Waals surface area contributed by atoms with Crippen molar-refractivity contribution >= 4 is 29.0 Å². The molecule has 184 valence electrons. The number of ketones is 1. The van der Waals surface area contributed by atoms with E-state index < -0.39 is 85.2 Å². The summed E-state index contributed by atoms with van der Waals surface area (Å²) in [6, 6.07) is 2.81. The molecule has 0 saturated carbocycles. The van der Waals surface area contributed by atoms with Crippen LogP contribution in [0.2, 0.25) is 10.0 Å². The molecule has 2 aromatic carbocycles. The minimum atomic E-state index is -5.49. The van der Waals surface area contributed by atoms with Gasteiger partial charge in [0.1, 0.15) is 0 Å². The lowest BCUT2D eigenvalue weighted by molar-refractivity contribution is -0.497. The highest BCUT2D eigenvalue weighted by molar-refractivity contribution is 6.32. The summed E-state index contributed by atoms with van der Waals surface area (Å²) in [4.78, 5) is 32.6. The number of nitro groups is 2. The first-order valence-electron chi connectivity index (χ1n) is 8.42. The molecule has 0 spiro atoms. The van der Waals surface area contributed by atoms with Gasteiger partial charge in [-0.15, -0.1) is 26.3 Å². The summed E-state index contributed by atoms with van der Waals surface area (Å²) in [5, 5.41) is 20.6. The summed E-state index contributed by atoms with van der Waals surface area (Å²) in [7, 11) is 0. The van der Waals surface area contributed by atoms with Gasteiger partial charge in [-0.1, -0.05) is 23.2 Å². The number of hydrogen-bond donors (Lipinski definition) is 0. The standard InChI is InChI=1S/C17H8Cl2F6N2O7/c18-11-3-1-7(14(33-16(20,21)22)9(11)5-26(29)30)13(28)8-2-4-12(19)10(6-27(31)32)15(8)34-17(23,24)25/h1-4H,5-6H2.